The highest BCUT2D eigenvalue weighted by Crippen LogP contribution is 1.93. The van der Waals surface area contributed by atoms with E-state index in [1.807, 2.05) is 0 Å². The minimum absolute atomic E-state index is 0.283. The van der Waals surface area contributed by atoms with Crippen LogP contribution in [0.5, 0.6) is 0 Å². The lowest BCUT2D eigenvalue weighted by Crippen LogP contribution is -2.07. The highest BCUT2D eigenvalue weighted by molar-refractivity contribution is 5.73. The molecule has 0 aliphatic carbocycles. The van der Waals surface area contributed by atoms with Crippen LogP contribution in [0.25, 0.3) is 0 Å². The lowest BCUT2D eigenvalue weighted by molar-refractivity contribution is 0.123. The van der Waals surface area contributed by atoms with E-state index in [2.05, 4.69) is 19.7 Å². The Morgan fingerprint density at radius 1 is 1.17 bits per heavy atom. The first-order chi connectivity index (χ1) is 5.56. The van der Waals surface area contributed by atoms with E-state index in [4.69, 9.17) is 0 Å². The Balaban J connectivity index is 3.83. The second-order valence-corrected chi connectivity index (χ2v) is 2.10. The van der Waals surface area contributed by atoms with E-state index in [1.54, 1.807) is 13.8 Å². The van der Waals surface area contributed by atoms with Crippen molar-refractivity contribution >= 4 is 12.2 Å². The minimum Gasteiger partial charge on any atom is -0.450 e. The molecule has 68 valence electrons. The Morgan fingerprint density at radius 2 is 1.67 bits per heavy atom. The van der Waals surface area contributed by atoms with E-state index >= 15 is 0 Å². The van der Waals surface area contributed by atoms with Gasteiger partial charge in [0.05, 0.1) is 13.2 Å². The molecule has 0 radical (unpaired) electrons. The van der Waals surface area contributed by atoms with Crippen molar-refractivity contribution in [1.29, 1.82) is 0 Å². The second kappa shape index (κ2) is 5.22. The van der Waals surface area contributed by atoms with Crippen LogP contribution in [0.2, 0.25) is 0 Å². The van der Waals surface area contributed by atoms with Gasteiger partial charge in [0, 0.05) is 0 Å². The summed E-state index contributed by atoms with van der Waals surface area (Å²) < 4.78 is 8.64. The fraction of sp³-hybridized carbons (Fsp3) is 0.667. The van der Waals surface area contributed by atoms with E-state index in [-0.39, 0.29) is 6.10 Å². The summed E-state index contributed by atoms with van der Waals surface area (Å²) in [6.07, 6.45) is -2.12. The lowest BCUT2D eigenvalue weighted by atomic mass is 10.5. The summed E-state index contributed by atoms with van der Waals surface area (Å²) in [6.45, 7) is 3.32. The molecule has 0 rings (SSSR count). The number of carbonyl (C=O) groups is 2. The first-order valence-corrected chi connectivity index (χ1v) is 3.26. The van der Waals surface area contributed by atoms with Gasteiger partial charge in [0.1, 0.15) is 0 Å². The maximum absolute atomic E-state index is 10.6. The second-order valence-electron chi connectivity index (χ2n) is 2.10. The molecule has 0 atom stereocenters. The molecular formula is C6H10N2O4. The van der Waals surface area contributed by atoms with Gasteiger partial charge in [-0.2, -0.15) is 0 Å². The number of methoxy groups -OCH3 is 1. The topological polar surface area (TPSA) is 77.3 Å². The summed E-state index contributed by atoms with van der Waals surface area (Å²) in [4.78, 5) is 20.9. The minimum atomic E-state index is -0.935. The fourth-order valence-corrected chi connectivity index (χ4v) is 0.348. The van der Waals surface area contributed by atoms with Crippen LogP contribution in [0, 0.1) is 0 Å². The van der Waals surface area contributed by atoms with Crippen LogP contribution in [0.1, 0.15) is 13.8 Å². The van der Waals surface area contributed by atoms with Crippen LogP contribution in [0.3, 0.4) is 0 Å². The molecule has 6 nitrogen and oxygen atoms in total. The summed E-state index contributed by atoms with van der Waals surface area (Å²) >= 11 is 0. The van der Waals surface area contributed by atoms with Gasteiger partial charge in [-0.05, 0) is 13.8 Å². The monoisotopic (exact) mass is 174 g/mol. The third-order valence-electron chi connectivity index (χ3n) is 0.724. The largest absolute Gasteiger partial charge is 0.452 e. The molecule has 0 aromatic rings. The first-order valence-electron chi connectivity index (χ1n) is 3.26. The van der Waals surface area contributed by atoms with Gasteiger partial charge in [-0.3, -0.25) is 0 Å². The van der Waals surface area contributed by atoms with Crippen LogP contribution in [0.15, 0.2) is 10.2 Å². The molecule has 0 spiro atoms. The summed E-state index contributed by atoms with van der Waals surface area (Å²) in [5.41, 5.74) is 0. The number of hydrogen-bond donors (Lipinski definition) is 0. The number of hydrogen-bond acceptors (Lipinski definition) is 4. The third kappa shape index (κ3) is 5.33. The van der Waals surface area contributed by atoms with E-state index in [0.717, 1.165) is 7.11 Å². The zero-order chi connectivity index (χ0) is 9.56. The molecule has 0 saturated carbocycles. The van der Waals surface area contributed by atoms with Crippen LogP contribution < -0.4 is 0 Å². The smallest absolute Gasteiger partial charge is 0.450 e. The molecule has 0 fully saturated rings. The first kappa shape index (κ1) is 10.5. The molecule has 0 heterocycles. The van der Waals surface area contributed by atoms with E-state index < -0.39 is 12.2 Å². The van der Waals surface area contributed by atoms with E-state index in [1.165, 1.54) is 0 Å². The molecule has 0 bridgehead atoms. The molecule has 2 amide bonds. The number of azo groups is 1. The van der Waals surface area contributed by atoms with Gasteiger partial charge in [-0.25, -0.2) is 9.59 Å². The molecule has 0 aromatic heterocycles. The summed E-state index contributed by atoms with van der Waals surface area (Å²) in [6, 6.07) is 0. The molecule has 0 unspecified atom stereocenters. The summed E-state index contributed by atoms with van der Waals surface area (Å²) in [5, 5.41) is 5.81. The van der Waals surface area contributed by atoms with Gasteiger partial charge in [0.25, 0.3) is 0 Å². The molecule has 0 aliphatic heterocycles. The SMILES string of the molecule is COC(=O)N=NC(=O)OC(C)C. The maximum atomic E-state index is 10.6. The molecule has 0 aromatic carbocycles. The standard InChI is InChI=1S/C6H10N2O4/c1-4(2)12-6(10)8-7-5(9)11-3/h4H,1-3H3. The van der Waals surface area contributed by atoms with Crippen LogP contribution in [0.4, 0.5) is 9.59 Å². The van der Waals surface area contributed by atoms with Gasteiger partial charge in [0.2, 0.25) is 0 Å². The Kier molecular flexibility index (Phi) is 4.59. The quantitative estimate of drug-likeness (QED) is 0.567. The molecule has 0 aliphatic rings. The van der Waals surface area contributed by atoms with Crippen molar-refractivity contribution in [2.24, 2.45) is 10.2 Å². The molecular weight excluding hydrogens is 164 g/mol. The summed E-state index contributed by atoms with van der Waals surface area (Å²) in [7, 11) is 1.13. The zero-order valence-electron chi connectivity index (χ0n) is 7.10. The highest BCUT2D eigenvalue weighted by Gasteiger charge is 2.03. The summed E-state index contributed by atoms with van der Waals surface area (Å²) in [5.74, 6) is 0. The molecule has 0 N–H and O–H groups in total. The van der Waals surface area contributed by atoms with Gasteiger partial charge in [0.15, 0.2) is 0 Å². The van der Waals surface area contributed by atoms with E-state index in [0.29, 0.717) is 0 Å². The van der Waals surface area contributed by atoms with Gasteiger partial charge >= 0.3 is 12.2 Å². The number of ether oxygens (including phenoxy) is 2. The average Bonchev–Trinajstić information content (AvgIpc) is 1.99. The number of rotatable bonds is 1. The molecule has 12 heavy (non-hydrogen) atoms. The Morgan fingerprint density at radius 3 is 2.08 bits per heavy atom. The van der Waals surface area contributed by atoms with Gasteiger partial charge in [-0.15, -0.1) is 0 Å². The zero-order valence-corrected chi connectivity index (χ0v) is 7.10. The Labute approximate surface area is 69.6 Å². The van der Waals surface area contributed by atoms with Crippen molar-refractivity contribution in [3.8, 4) is 0 Å². The Hall–Kier alpha value is -1.46. The lowest BCUT2D eigenvalue weighted by Gasteiger charge is -2.01. The van der Waals surface area contributed by atoms with Crippen molar-refractivity contribution in [3.05, 3.63) is 0 Å². The third-order valence-corrected chi connectivity index (χ3v) is 0.724. The van der Waals surface area contributed by atoms with Crippen molar-refractivity contribution in [3.63, 3.8) is 0 Å². The molecule has 6 heteroatoms. The van der Waals surface area contributed by atoms with Crippen molar-refractivity contribution in [1.82, 2.24) is 0 Å². The van der Waals surface area contributed by atoms with Gasteiger partial charge in [-0.1, -0.05) is 10.2 Å². The predicted molar refractivity (Wildman–Crippen MR) is 38.9 cm³/mol. The highest BCUT2D eigenvalue weighted by atomic mass is 16.6. The number of carbonyl (C=O) groups excluding carboxylic acids is 2. The number of amides is 2. The van der Waals surface area contributed by atoms with Gasteiger partial charge < -0.3 is 9.47 Å². The van der Waals surface area contributed by atoms with Crippen molar-refractivity contribution in [2.45, 2.75) is 20.0 Å². The van der Waals surface area contributed by atoms with Crippen molar-refractivity contribution in [2.75, 3.05) is 7.11 Å². The number of nitrogens with zero attached hydrogens (tertiary/aromatic N) is 2. The molecule has 0 saturated heterocycles. The normalized spacial score (nSPS) is 10.3. The van der Waals surface area contributed by atoms with E-state index in [9.17, 15) is 9.59 Å². The van der Waals surface area contributed by atoms with Crippen LogP contribution in [-0.2, 0) is 9.47 Å². The fourth-order valence-electron chi connectivity index (χ4n) is 0.348. The maximum Gasteiger partial charge on any atom is 0.452 e. The van der Waals surface area contributed by atoms with Crippen molar-refractivity contribution < 1.29 is 19.1 Å². The van der Waals surface area contributed by atoms with Crippen LogP contribution in [-0.4, -0.2) is 25.4 Å². The Bertz CT molecular complexity index is 200. The predicted octanol–water partition coefficient (Wildman–Crippen LogP) is 1.75. The average molecular weight is 174 g/mol. The van der Waals surface area contributed by atoms with Crippen LogP contribution >= 0.6 is 0 Å².